The number of amides is 2. The first-order valence-electron chi connectivity index (χ1n) is 10.1. The molecule has 1 aromatic rings. The Bertz CT molecular complexity index is 672. The van der Waals surface area contributed by atoms with Crippen molar-refractivity contribution in [2.24, 2.45) is 5.92 Å². The zero-order valence-corrected chi connectivity index (χ0v) is 16.6. The number of methoxy groups -OCH3 is 1. The summed E-state index contributed by atoms with van der Waals surface area (Å²) in [5.41, 5.74) is 3.82. The quantitative estimate of drug-likeness (QED) is 0.553. The van der Waals surface area contributed by atoms with Gasteiger partial charge in [-0.2, -0.15) is 0 Å². The van der Waals surface area contributed by atoms with Gasteiger partial charge in [-0.05, 0) is 42.4 Å². The highest BCUT2D eigenvalue weighted by atomic mass is 16.5. The number of hydrogen-bond acceptors (Lipinski definition) is 5. The fourth-order valence-electron chi connectivity index (χ4n) is 3.87. The van der Waals surface area contributed by atoms with Crippen molar-refractivity contribution in [2.45, 2.75) is 51.4 Å². The largest absolute Gasteiger partial charge is 0.382 e. The fourth-order valence-corrected chi connectivity index (χ4v) is 3.87. The zero-order chi connectivity index (χ0) is 19.8. The van der Waals surface area contributed by atoms with Crippen LogP contribution >= 0.6 is 0 Å². The lowest BCUT2D eigenvalue weighted by atomic mass is 9.85. The van der Waals surface area contributed by atoms with Crippen LogP contribution in [0.2, 0.25) is 0 Å². The number of fused-ring (bicyclic) bond motifs is 1. The van der Waals surface area contributed by atoms with Crippen molar-refractivity contribution in [2.75, 3.05) is 26.9 Å². The number of nitrogens with one attached hydrogen (secondary N) is 3. The van der Waals surface area contributed by atoms with E-state index in [9.17, 15) is 9.59 Å². The van der Waals surface area contributed by atoms with Gasteiger partial charge in [-0.3, -0.25) is 9.59 Å². The highest BCUT2D eigenvalue weighted by Crippen LogP contribution is 2.25. The van der Waals surface area contributed by atoms with E-state index in [-0.39, 0.29) is 30.4 Å². The maximum Gasteiger partial charge on any atom is 0.246 e. The van der Waals surface area contributed by atoms with Crippen LogP contribution < -0.4 is 16.0 Å². The summed E-state index contributed by atoms with van der Waals surface area (Å²) in [6, 6.07) is 6.54. The van der Waals surface area contributed by atoms with E-state index in [1.807, 2.05) is 0 Å². The Hall–Kier alpha value is -1.96. The van der Waals surface area contributed by atoms with Crippen LogP contribution in [0.25, 0.3) is 0 Å². The monoisotopic (exact) mass is 389 g/mol. The molecule has 0 radical (unpaired) electrons. The Kier molecular flexibility index (Phi) is 7.82. The Morgan fingerprint density at radius 2 is 1.89 bits per heavy atom. The molecule has 1 aliphatic heterocycles. The van der Waals surface area contributed by atoms with Crippen molar-refractivity contribution in [1.82, 2.24) is 16.0 Å². The number of hydrogen-bond donors (Lipinski definition) is 3. The maximum atomic E-state index is 12.5. The van der Waals surface area contributed by atoms with Gasteiger partial charge in [0.25, 0.3) is 0 Å². The summed E-state index contributed by atoms with van der Waals surface area (Å²) in [5.74, 6) is 0.0450. The highest BCUT2D eigenvalue weighted by molar-refractivity contribution is 5.79. The summed E-state index contributed by atoms with van der Waals surface area (Å²) in [6.07, 6.45) is 3.25. The first kappa shape index (κ1) is 20.8. The van der Waals surface area contributed by atoms with E-state index >= 15 is 0 Å². The lowest BCUT2D eigenvalue weighted by Crippen LogP contribution is -2.42. The maximum absolute atomic E-state index is 12.5. The lowest BCUT2D eigenvalue weighted by Gasteiger charge is -2.28. The number of rotatable bonds is 9. The van der Waals surface area contributed by atoms with E-state index in [0.29, 0.717) is 19.8 Å². The minimum atomic E-state index is -0.102. The summed E-state index contributed by atoms with van der Waals surface area (Å²) in [5, 5.41) is 9.41. The van der Waals surface area contributed by atoms with Gasteiger partial charge in [-0.25, -0.2) is 0 Å². The molecule has 0 bridgehead atoms. The van der Waals surface area contributed by atoms with Crippen LogP contribution in [-0.4, -0.2) is 44.8 Å². The van der Waals surface area contributed by atoms with Crippen molar-refractivity contribution >= 4 is 11.8 Å². The van der Waals surface area contributed by atoms with Crippen molar-refractivity contribution in [3.8, 4) is 0 Å². The van der Waals surface area contributed by atoms with E-state index in [1.165, 1.54) is 11.1 Å². The van der Waals surface area contributed by atoms with Gasteiger partial charge in [0.2, 0.25) is 11.8 Å². The van der Waals surface area contributed by atoms with Crippen LogP contribution in [-0.2, 0) is 38.7 Å². The molecule has 1 aliphatic carbocycles. The molecular weight excluding hydrogens is 358 g/mol. The van der Waals surface area contributed by atoms with Crippen molar-refractivity contribution < 1.29 is 19.1 Å². The lowest BCUT2D eigenvalue weighted by molar-refractivity contribution is -0.127. The summed E-state index contributed by atoms with van der Waals surface area (Å²) in [6.45, 7) is 3.36. The van der Waals surface area contributed by atoms with Gasteiger partial charge >= 0.3 is 0 Å². The van der Waals surface area contributed by atoms with E-state index in [4.69, 9.17) is 9.47 Å². The Morgan fingerprint density at radius 1 is 1.11 bits per heavy atom. The molecule has 7 heteroatoms. The van der Waals surface area contributed by atoms with Gasteiger partial charge in [-0.15, -0.1) is 0 Å². The smallest absolute Gasteiger partial charge is 0.246 e. The Labute approximate surface area is 166 Å². The van der Waals surface area contributed by atoms with E-state index in [0.717, 1.165) is 44.3 Å². The molecule has 7 nitrogen and oxygen atoms in total. The van der Waals surface area contributed by atoms with E-state index in [1.54, 1.807) is 7.11 Å². The molecule has 0 unspecified atom stereocenters. The van der Waals surface area contributed by atoms with Crippen LogP contribution in [0.1, 0.15) is 42.4 Å². The molecule has 0 saturated heterocycles. The second-order valence-electron chi connectivity index (χ2n) is 7.59. The molecule has 2 amide bonds. The fraction of sp³-hybridized carbons (Fsp3) is 0.619. The SMILES string of the molecule is COCCOCC(=O)NC1CCC(C(=O)NCc2ccc3c(c2)CNC3)CC1. The molecule has 1 heterocycles. The molecule has 3 rings (SSSR count). The Balaban J connectivity index is 1.34. The molecular formula is C21H31N3O4. The first-order chi connectivity index (χ1) is 13.7. The van der Waals surface area contributed by atoms with Crippen LogP contribution in [0.5, 0.6) is 0 Å². The minimum Gasteiger partial charge on any atom is -0.382 e. The standard InChI is InChI=1S/C21H31N3O4/c1-27-8-9-28-14-20(25)24-19-6-4-16(5-7-19)21(26)23-11-15-2-3-17-12-22-13-18(17)10-15/h2-3,10,16,19,22H,4-9,11-14H2,1H3,(H,23,26)(H,24,25). The third-order valence-corrected chi connectivity index (χ3v) is 5.50. The van der Waals surface area contributed by atoms with Crippen molar-refractivity contribution in [3.05, 3.63) is 34.9 Å². The predicted molar refractivity (Wildman–Crippen MR) is 105 cm³/mol. The topological polar surface area (TPSA) is 88.7 Å². The molecule has 3 N–H and O–H groups in total. The molecule has 0 aromatic heterocycles. The number of benzene rings is 1. The summed E-state index contributed by atoms with van der Waals surface area (Å²) in [7, 11) is 1.60. The van der Waals surface area contributed by atoms with Gasteiger partial charge in [0.05, 0.1) is 13.2 Å². The van der Waals surface area contributed by atoms with Crippen molar-refractivity contribution in [3.63, 3.8) is 0 Å². The molecule has 0 spiro atoms. The Morgan fingerprint density at radius 3 is 2.68 bits per heavy atom. The molecule has 154 valence electrons. The van der Waals surface area contributed by atoms with Gasteiger partial charge in [0.15, 0.2) is 0 Å². The van der Waals surface area contributed by atoms with E-state index < -0.39 is 0 Å². The van der Waals surface area contributed by atoms with Crippen molar-refractivity contribution in [1.29, 1.82) is 0 Å². The summed E-state index contributed by atoms with van der Waals surface area (Å²) < 4.78 is 10.1. The molecule has 1 saturated carbocycles. The third kappa shape index (κ3) is 6.02. The van der Waals surface area contributed by atoms with Crippen LogP contribution in [0, 0.1) is 5.92 Å². The third-order valence-electron chi connectivity index (χ3n) is 5.50. The van der Waals surface area contributed by atoms with Gasteiger partial charge in [0, 0.05) is 38.7 Å². The summed E-state index contributed by atoms with van der Waals surface area (Å²) >= 11 is 0. The summed E-state index contributed by atoms with van der Waals surface area (Å²) in [4.78, 5) is 24.4. The van der Waals surface area contributed by atoms with Gasteiger partial charge < -0.3 is 25.4 Å². The van der Waals surface area contributed by atoms with Gasteiger partial charge in [0.1, 0.15) is 6.61 Å². The average Bonchev–Trinajstić information content (AvgIpc) is 3.18. The predicted octanol–water partition coefficient (Wildman–Crippen LogP) is 1.24. The van der Waals surface area contributed by atoms with Crippen LogP contribution in [0.4, 0.5) is 0 Å². The van der Waals surface area contributed by atoms with Crippen LogP contribution in [0.15, 0.2) is 18.2 Å². The minimum absolute atomic E-state index is 0.0298. The molecule has 1 aromatic carbocycles. The average molecular weight is 389 g/mol. The number of carbonyl (C=O) groups is 2. The number of carbonyl (C=O) groups excluding carboxylic acids is 2. The van der Waals surface area contributed by atoms with Gasteiger partial charge in [-0.1, -0.05) is 18.2 Å². The second kappa shape index (κ2) is 10.5. The molecule has 0 atom stereocenters. The van der Waals surface area contributed by atoms with E-state index in [2.05, 4.69) is 34.1 Å². The molecule has 28 heavy (non-hydrogen) atoms. The zero-order valence-electron chi connectivity index (χ0n) is 16.6. The molecule has 1 fully saturated rings. The normalized spacial score (nSPS) is 21.2. The second-order valence-corrected chi connectivity index (χ2v) is 7.59. The first-order valence-corrected chi connectivity index (χ1v) is 10.1. The molecule has 2 aliphatic rings. The van der Waals surface area contributed by atoms with Crippen LogP contribution in [0.3, 0.4) is 0 Å². The highest BCUT2D eigenvalue weighted by Gasteiger charge is 2.27. The number of ether oxygens (including phenoxy) is 2.